The molecule has 1 rings (SSSR count). The first-order valence-corrected chi connectivity index (χ1v) is 4.15. The summed E-state index contributed by atoms with van der Waals surface area (Å²) in [6, 6.07) is 1.88. The number of hydrogen-bond acceptors (Lipinski definition) is 2. The van der Waals surface area contributed by atoms with Crippen LogP contribution in [0.15, 0.2) is 12.3 Å². The Kier molecular flexibility index (Phi) is 2.48. The average molecular weight is 249 g/mol. The van der Waals surface area contributed by atoms with Crippen molar-refractivity contribution < 1.29 is 5.11 Å². The quantitative estimate of drug-likeness (QED) is 0.771. The van der Waals surface area contributed by atoms with Crippen molar-refractivity contribution in [2.45, 2.75) is 13.3 Å². The van der Waals surface area contributed by atoms with Crippen LogP contribution in [-0.4, -0.2) is 10.1 Å². The number of nitrogens with zero attached hydrogens (tertiary/aromatic N) is 1. The van der Waals surface area contributed by atoms with E-state index in [2.05, 4.69) is 27.6 Å². The predicted molar refractivity (Wildman–Crippen MR) is 48.0 cm³/mol. The molecule has 0 amide bonds. The van der Waals surface area contributed by atoms with Crippen LogP contribution in [0.4, 0.5) is 0 Å². The van der Waals surface area contributed by atoms with E-state index >= 15 is 0 Å². The zero-order valence-electron chi connectivity index (χ0n) is 5.63. The Balaban J connectivity index is 3.04. The molecule has 0 aromatic carbocycles. The van der Waals surface area contributed by atoms with Crippen LogP contribution >= 0.6 is 22.6 Å². The number of aromatic hydroxyl groups is 1. The Hall–Kier alpha value is -0.320. The molecule has 0 aliphatic heterocycles. The zero-order valence-corrected chi connectivity index (χ0v) is 7.79. The molecule has 0 spiro atoms. The summed E-state index contributed by atoms with van der Waals surface area (Å²) in [7, 11) is 0. The SMILES string of the molecule is CCc1cc(I)c(O)cn1. The molecule has 1 aromatic heterocycles. The van der Waals surface area contributed by atoms with Gasteiger partial charge in [0.15, 0.2) is 0 Å². The van der Waals surface area contributed by atoms with E-state index in [1.54, 1.807) is 0 Å². The van der Waals surface area contributed by atoms with E-state index in [1.165, 1.54) is 6.20 Å². The van der Waals surface area contributed by atoms with Crippen molar-refractivity contribution in [1.29, 1.82) is 0 Å². The molecule has 0 bridgehead atoms. The zero-order chi connectivity index (χ0) is 7.56. The third kappa shape index (κ3) is 1.59. The van der Waals surface area contributed by atoms with Crippen LogP contribution in [-0.2, 0) is 6.42 Å². The van der Waals surface area contributed by atoms with Crippen LogP contribution in [0.25, 0.3) is 0 Å². The molecule has 54 valence electrons. The van der Waals surface area contributed by atoms with Crippen LogP contribution in [0, 0.1) is 3.57 Å². The largest absolute Gasteiger partial charge is 0.505 e. The molecule has 0 atom stereocenters. The maximum absolute atomic E-state index is 9.07. The summed E-state index contributed by atoms with van der Waals surface area (Å²) in [5.74, 6) is 0.262. The summed E-state index contributed by atoms with van der Waals surface area (Å²) in [6.07, 6.45) is 2.40. The smallest absolute Gasteiger partial charge is 0.147 e. The molecule has 0 aliphatic rings. The van der Waals surface area contributed by atoms with Crippen molar-refractivity contribution in [2.24, 2.45) is 0 Å². The molecule has 0 saturated carbocycles. The number of pyridine rings is 1. The highest BCUT2D eigenvalue weighted by molar-refractivity contribution is 14.1. The molecular formula is C7H8INO. The first kappa shape index (κ1) is 7.78. The Bertz CT molecular complexity index is 237. The minimum Gasteiger partial charge on any atom is -0.505 e. The molecule has 0 saturated heterocycles. The fraction of sp³-hybridized carbons (Fsp3) is 0.286. The molecule has 0 unspecified atom stereocenters. The minimum absolute atomic E-state index is 0.262. The van der Waals surface area contributed by atoms with Crippen molar-refractivity contribution in [3.05, 3.63) is 21.5 Å². The Morgan fingerprint density at radius 2 is 2.40 bits per heavy atom. The van der Waals surface area contributed by atoms with Gasteiger partial charge in [-0.05, 0) is 35.1 Å². The van der Waals surface area contributed by atoms with Crippen molar-refractivity contribution in [1.82, 2.24) is 4.98 Å². The van der Waals surface area contributed by atoms with Crippen LogP contribution in [0.2, 0.25) is 0 Å². The van der Waals surface area contributed by atoms with Gasteiger partial charge < -0.3 is 5.11 Å². The molecular weight excluding hydrogens is 241 g/mol. The van der Waals surface area contributed by atoms with Crippen molar-refractivity contribution in [3.8, 4) is 5.75 Å². The van der Waals surface area contributed by atoms with E-state index in [1.807, 2.05) is 13.0 Å². The summed E-state index contributed by atoms with van der Waals surface area (Å²) in [6.45, 7) is 2.04. The molecule has 0 fully saturated rings. The van der Waals surface area contributed by atoms with E-state index in [4.69, 9.17) is 5.11 Å². The standard InChI is InChI=1S/C7H8INO/c1-2-5-3-6(8)7(10)4-9-5/h3-4,10H,2H2,1H3. The first-order valence-electron chi connectivity index (χ1n) is 3.07. The van der Waals surface area contributed by atoms with Gasteiger partial charge in [0.05, 0.1) is 9.77 Å². The van der Waals surface area contributed by atoms with Crippen LogP contribution in [0.1, 0.15) is 12.6 Å². The summed E-state index contributed by atoms with van der Waals surface area (Å²) in [5, 5.41) is 9.07. The molecule has 1 N–H and O–H groups in total. The molecule has 0 aliphatic carbocycles. The van der Waals surface area contributed by atoms with Gasteiger partial charge in [0, 0.05) is 5.69 Å². The monoisotopic (exact) mass is 249 g/mol. The number of hydrogen-bond donors (Lipinski definition) is 1. The van der Waals surface area contributed by atoms with Crippen molar-refractivity contribution in [3.63, 3.8) is 0 Å². The minimum atomic E-state index is 0.262. The number of aromatic nitrogens is 1. The summed E-state index contributed by atoms with van der Waals surface area (Å²) >= 11 is 2.08. The Morgan fingerprint density at radius 3 is 2.90 bits per heavy atom. The molecule has 2 nitrogen and oxygen atoms in total. The lowest BCUT2D eigenvalue weighted by Crippen LogP contribution is -1.86. The maximum atomic E-state index is 9.07. The van der Waals surface area contributed by atoms with Crippen molar-refractivity contribution in [2.75, 3.05) is 0 Å². The van der Waals surface area contributed by atoms with E-state index in [9.17, 15) is 0 Å². The molecule has 3 heteroatoms. The van der Waals surface area contributed by atoms with E-state index < -0.39 is 0 Å². The summed E-state index contributed by atoms with van der Waals surface area (Å²) in [5.41, 5.74) is 1.02. The highest BCUT2D eigenvalue weighted by atomic mass is 127. The van der Waals surface area contributed by atoms with Crippen molar-refractivity contribution >= 4 is 22.6 Å². The van der Waals surface area contributed by atoms with Gasteiger partial charge in [0.1, 0.15) is 5.75 Å². The lowest BCUT2D eigenvalue weighted by Gasteiger charge is -1.97. The third-order valence-corrected chi connectivity index (χ3v) is 2.12. The topological polar surface area (TPSA) is 33.1 Å². The maximum Gasteiger partial charge on any atom is 0.147 e. The van der Waals surface area contributed by atoms with E-state index in [0.29, 0.717) is 0 Å². The molecule has 0 radical (unpaired) electrons. The lowest BCUT2D eigenvalue weighted by atomic mass is 10.3. The van der Waals surface area contributed by atoms with Gasteiger partial charge in [-0.25, -0.2) is 0 Å². The van der Waals surface area contributed by atoms with Gasteiger partial charge in [-0.1, -0.05) is 6.92 Å². The normalized spacial score (nSPS) is 9.80. The molecule has 10 heavy (non-hydrogen) atoms. The summed E-state index contributed by atoms with van der Waals surface area (Å²) < 4.78 is 0.865. The fourth-order valence-electron chi connectivity index (χ4n) is 0.657. The molecule has 1 heterocycles. The van der Waals surface area contributed by atoms with Crippen LogP contribution < -0.4 is 0 Å². The van der Waals surface area contributed by atoms with Gasteiger partial charge in [-0.2, -0.15) is 0 Å². The van der Waals surface area contributed by atoms with Gasteiger partial charge in [-0.3, -0.25) is 4.98 Å². The highest BCUT2D eigenvalue weighted by Crippen LogP contribution is 2.17. The number of aryl methyl sites for hydroxylation is 1. The fourth-order valence-corrected chi connectivity index (χ4v) is 1.16. The highest BCUT2D eigenvalue weighted by Gasteiger charge is 1.97. The second kappa shape index (κ2) is 3.18. The third-order valence-electron chi connectivity index (χ3n) is 1.25. The Labute approximate surface area is 73.4 Å². The van der Waals surface area contributed by atoms with Gasteiger partial charge in [0.2, 0.25) is 0 Å². The predicted octanol–water partition coefficient (Wildman–Crippen LogP) is 1.95. The lowest BCUT2D eigenvalue weighted by molar-refractivity contribution is 0.468. The van der Waals surface area contributed by atoms with Gasteiger partial charge >= 0.3 is 0 Å². The van der Waals surface area contributed by atoms with E-state index in [0.717, 1.165) is 15.7 Å². The first-order chi connectivity index (χ1) is 4.74. The van der Waals surface area contributed by atoms with E-state index in [-0.39, 0.29) is 5.75 Å². The number of halogens is 1. The Morgan fingerprint density at radius 1 is 1.70 bits per heavy atom. The van der Waals surface area contributed by atoms with Gasteiger partial charge in [-0.15, -0.1) is 0 Å². The second-order valence-electron chi connectivity index (χ2n) is 1.98. The number of rotatable bonds is 1. The van der Waals surface area contributed by atoms with Crippen LogP contribution in [0.3, 0.4) is 0 Å². The second-order valence-corrected chi connectivity index (χ2v) is 3.14. The molecule has 1 aromatic rings. The van der Waals surface area contributed by atoms with Gasteiger partial charge in [0.25, 0.3) is 0 Å². The summed E-state index contributed by atoms with van der Waals surface area (Å²) in [4.78, 5) is 4.00. The van der Waals surface area contributed by atoms with Crippen LogP contribution in [0.5, 0.6) is 5.75 Å². The average Bonchev–Trinajstić information content (AvgIpc) is 1.95.